The van der Waals surface area contributed by atoms with E-state index in [4.69, 9.17) is 5.73 Å². The molecule has 0 saturated carbocycles. The Balaban J connectivity index is 2.20. The van der Waals surface area contributed by atoms with Crippen molar-refractivity contribution in [1.82, 2.24) is 9.55 Å². The van der Waals surface area contributed by atoms with Crippen LogP contribution in [-0.2, 0) is 11.2 Å². The smallest absolute Gasteiger partial charge is 0.272 e. The van der Waals surface area contributed by atoms with E-state index in [2.05, 4.69) is 18.0 Å². The Morgan fingerprint density at radius 3 is 2.67 bits per heavy atom. The predicted molar refractivity (Wildman–Crippen MR) is 98.2 cm³/mol. The maximum absolute atomic E-state index is 13.1. The SMILES string of the molecule is Cc1cc(C)cc(-n2c(SCC(N)=O)nc3c(c2=O)S[C@H](C)C3)c1. The highest BCUT2D eigenvalue weighted by Crippen LogP contribution is 2.34. The number of nitrogens with zero attached hydrogens (tertiary/aromatic N) is 2. The summed E-state index contributed by atoms with van der Waals surface area (Å²) in [5.74, 6) is -0.330. The summed E-state index contributed by atoms with van der Waals surface area (Å²) in [5.41, 5.74) is 8.96. The number of rotatable bonds is 4. The largest absolute Gasteiger partial charge is 0.369 e. The number of hydrogen-bond acceptors (Lipinski definition) is 5. The third-order valence-corrected chi connectivity index (χ3v) is 5.87. The second-order valence-electron chi connectivity index (χ2n) is 6.04. The van der Waals surface area contributed by atoms with Crippen molar-refractivity contribution >= 4 is 29.4 Å². The van der Waals surface area contributed by atoms with E-state index in [1.54, 1.807) is 16.3 Å². The van der Waals surface area contributed by atoms with Gasteiger partial charge in [-0.15, -0.1) is 11.8 Å². The van der Waals surface area contributed by atoms with Crippen molar-refractivity contribution < 1.29 is 4.79 Å². The number of aryl methyl sites for hydroxylation is 2. The first-order valence-corrected chi connectivity index (χ1v) is 9.54. The molecule has 1 aromatic heterocycles. The molecular weight excluding hydrogens is 342 g/mol. The Labute approximate surface area is 149 Å². The van der Waals surface area contributed by atoms with Crippen molar-refractivity contribution in [2.75, 3.05) is 5.75 Å². The van der Waals surface area contributed by atoms with E-state index in [1.807, 2.05) is 26.0 Å². The Bertz CT molecular complexity index is 857. The van der Waals surface area contributed by atoms with Crippen LogP contribution in [0.1, 0.15) is 23.7 Å². The molecule has 3 rings (SSSR count). The number of hydrogen-bond donors (Lipinski definition) is 1. The van der Waals surface area contributed by atoms with E-state index in [0.29, 0.717) is 15.3 Å². The quantitative estimate of drug-likeness (QED) is 0.668. The zero-order chi connectivity index (χ0) is 17.4. The Hall–Kier alpha value is -1.73. The monoisotopic (exact) mass is 361 g/mol. The first kappa shape index (κ1) is 17.1. The molecule has 1 aliphatic heterocycles. The summed E-state index contributed by atoms with van der Waals surface area (Å²) in [6.45, 7) is 6.08. The van der Waals surface area contributed by atoms with Crippen LogP contribution in [0.15, 0.2) is 33.0 Å². The third-order valence-electron chi connectivity index (χ3n) is 3.69. The van der Waals surface area contributed by atoms with E-state index >= 15 is 0 Å². The molecule has 2 N–H and O–H groups in total. The minimum atomic E-state index is -0.426. The number of thioether (sulfide) groups is 2. The van der Waals surface area contributed by atoms with Gasteiger partial charge < -0.3 is 5.73 Å². The van der Waals surface area contributed by atoms with E-state index in [-0.39, 0.29) is 11.3 Å². The summed E-state index contributed by atoms with van der Waals surface area (Å²) < 4.78 is 1.61. The molecular formula is C17H19N3O2S2. The minimum Gasteiger partial charge on any atom is -0.369 e. The third kappa shape index (κ3) is 3.37. The van der Waals surface area contributed by atoms with E-state index in [0.717, 1.165) is 28.9 Å². The molecule has 0 saturated heterocycles. The second kappa shape index (κ2) is 6.64. The molecule has 2 heterocycles. The number of amides is 1. The molecule has 1 aliphatic rings. The number of primary amides is 1. The van der Waals surface area contributed by atoms with Crippen LogP contribution in [0.25, 0.3) is 5.69 Å². The fourth-order valence-electron chi connectivity index (χ4n) is 2.84. The second-order valence-corrected chi connectivity index (χ2v) is 8.44. The van der Waals surface area contributed by atoms with Gasteiger partial charge in [-0.1, -0.05) is 24.8 Å². The molecule has 0 spiro atoms. The lowest BCUT2D eigenvalue weighted by Gasteiger charge is -2.14. The van der Waals surface area contributed by atoms with Crippen LogP contribution in [0.4, 0.5) is 0 Å². The Morgan fingerprint density at radius 1 is 1.38 bits per heavy atom. The lowest BCUT2D eigenvalue weighted by atomic mass is 10.1. The first-order chi connectivity index (χ1) is 11.3. The van der Waals surface area contributed by atoms with Gasteiger partial charge in [0, 0.05) is 11.7 Å². The van der Waals surface area contributed by atoms with Crippen molar-refractivity contribution in [3.63, 3.8) is 0 Å². The highest BCUT2D eigenvalue weighted by Gasteiger charge is 2.27. The van der Waals surface area contributed by atoms with Crippen LogP contribution in [-0.4, -0.2) is 26.5 Å². The zero-order valence-corrected chi connectivity index (χ0v) is 15.5. The van der Waals surface area contributed by atoms with Crippen LogP contribution in [0, 0.1) is 13.8 Å². The fourth-order valence-corrected chi connectivity index (χ4v) is 4.70. The molecule has 7 heteroatoms. The standard InChI is InChI=1S/C17H19N3O2S2/c1-9-4-10(2)6-12(5-9)20-16(22)15-13(7-11(3)24-15)19-17(20)23-8-14(18)21/h4-6,11H,7-8H2,1-3H3,(H2,18,21)/t11-/m1/s1. The van der Waals surface area contributed by atoms with Gasteiger partial charge in [0.2, 0.25) is 5.91 Å². The maximum Gasteiger partial charge on any atom is 0.272 e. The summed E-state index contributed by atoms with van der Waals surface area (Å²) in [4.78, 5) is 29.6. The van der Waals surface area contributed by atoms with E-state index < -0.39 is 5.91 Å². The van der Waals surface area contributed by atoms with Crippen molar-refractivity contribution in [1.29, 1.82) is 0 Å². The van der Waals surface area contributed by atoms with Crippen molar-refractivity contribution in [3.8, 4) is 5.69 Å². The molecule has 0 radical (unpaired) electrons. The van der Waals surface area contributed by atoms with Gasteiger partial charge in [-0.05, 0) is 37.1 Å². The fraction of sp³-hybridized carbons (Fsp3) is 0.353. The van der Waals surface area contributed by atoms with Gasteiger partial charge in [0.25, 0.3) is 5.56 Å². The average Bonchev–Trinajstić information content (AvgIpc) is 2.85. The number of fused-ring (bicyclic) bond motifs is 1. The van der Waals surface area contributed by atoms with E-state index in [9.17, 15) is 9.59 Å². The van der Waals surface area contributed by atoms with Gasteiger partial charge in [-0.3, -0.25) is 14.2 Å². The van der Waals surface area contributed by atoms with Gasteiger partial charge in [0.05, 0.1) is 22.0 Å². The zero-order valence-electron chi connectivity index (χ0n) is 13.8. The molecule has 0 unspecified atom stereocenters. The molecule has 5 nitrogen and oxygen atoms in total. The van der Waals surface area contributed by atoms with Gasteiger partial charge >= 0.3 is 0 Å². The number of aromatic nitrogens is 2. The lowest BCUT2D eigenvalue weighted by molar-refractivity contribution is -0.115. The van der Waals surface area contributed by atoms with Crippen molar-refractivity contribution in [2.45, 2.75) is 42.5 Å². The minimum absolute atomic E-state index is 0.0636. The van der Waals surface area contributed by atoms with Crippen LogP contribution < -0.4 is 11.3 Å². The van der Waals surface area contributed by atoms with Gasteiger partial charge in [0.1, 0.15) is 0 Å². The van der Waals surface area contributed by atoms with Gasteiger partial charge in [-0.25, -0.2) is 4.98 Å². The summed E-state index contributed by atoms with van der Waals surface area (Å²) in [6.07, 6.45) is 0.771. The molecule has 0 aliphatic carbocycles. The summed E-state index contributed by atoms with van der Waals surface area (Å²) in [7, 11) is 0. The summed E-state index contributed by atoms with van der Waals surface area (Å²) in [5, 5.41) is 0.863. The topological polar surface area (TPSA) is 78.0 Å². The van der Waals surface area contributed by atoms with Crippen LogP contribution in [0.5, 0.6) is 0 Å². The lowest BCUT2D eigenvalue weighted by Crippen LogP contribution is -2.25. The van der Waals surface area contributed by atoms with Gasteiger partial charge in [-0.2, -0.15) is 0 Å². The molecule has 0 fully saturated rings. The number of nitrogens with two attached hydrogens (primary N) is 1. The Morgan fingerprint density at radius 2 is 2.04 bits per heavy atom. The summed E-state index contributed by atoms with van der Waals surface area (Å²) >= 11 is 2.78. The first-order valence-electron chi connectivity index (χ1n) is 7.67. The highest BCUT2D eigenvalue weighted by molar-refractivity contribution is 8.00. The number of benzene rings is 1. The van der Waals surface area contributed by atoms with Crippen LogP contribution in [0.3, 0.4) is 0 Å². The molecule has 2 aromatic rings. The Kier molecular flexibility index (Phi) is 4.73. The van der Waals surface area contributed by atoms with Gasteiger partial charge in [0.15, 0.2) is 5.16 Å². The molecule has 1 amide bonds. The molecule has 24 heavy (non-hydrogen) atoms. The molecule has 0 bridgehead atoms. The average molecular weight is 361 g/mol. The van der Waals surface area contributed by atoms with Crippen LogP contribution >= 0.6 is 23.5 Å². The molecule has 1 atom stereocenters. The van der Waals surface area contributed by atoms with E-state index in [1.165, 1.54) is 11.8 Å². The normalized spacial score (nSPS) is 16.2. The van der Waals surface area contributed by atoms with Crippen molar-refractivity contribution in [3.05, 3.63) is 45.4 Å². The number of carbonyl (C=O) groups excluding carboxylic acids is 1. The maximum atomic E-state index is 13.1. The highest BCUT2D eigenvalue weighted by atomic mass is 32.2. The summed E-state index contributed by atoms with van der Waals surface area (Å²) in [6, 6.07) is 5.97. The number of carbonyl (C=O) groups is 1. The van der Waals surface area contributed by atoms with Crippen molar-refractivity contribution in [2.24, 2.45) is 5.73 Å². The molecule has 1 aromatic carbocycles. The van der Waals surface area contributed by atoms with Crippen LogP contribution in [0.2, 0.25) is 0 Å². The molecule has 126 valence electrons. The predicted octanol–water partition coefficient (Wildman–Crippen LogP) is 2.46.